The van der Waals surface area contributed by atoms with Gasteiger partial charge in [-0.3, -0.25) is 0 Å². The van der Waals surface area contributed by atoms with Crippen molar-refractivity contribution < 1.29 is 0 Å². The normalized spacial score (nSPS) is 13.6. The van der Waals surface area contributed by atoms with Crippen LogP contribution in [0.1, 0.15) is 42.4 Å². The minimum Gasteiger partial charge on any atom is -0.308 e. The van der Waals surface area contributed by atoms with E-state index in [1.807, 2.05) is 11.3 Å². The Morgan fingerprint density at radius 2 is 2.00 bits per heavy atom. The molecule has 0 spiro atoms. The minimum atomic E-state index is 0.414. The van der Waals surface area contributed by atoms with E-state index >= 15 is 0 Å². The standard InChI is InChI=1S/C11H20N2S/c1-6-12-10(7(2)3)11-13-8(4)9(5)14-11/h7,10,12H,6H2,1-5H3. The Kier molecular flexibility index (Phi) is 4.08. The minimum absolute atomic E-state index is 0.414. The largest absolute Gasteiger partial charge is 0.308 e. The Bertz CT molecular complexity index is 272. The lowest BCUT2D eigenvalue weighted by molar-refractivity contribution is 0.420. The Morgan fingerprint density at radius 3 is 2.36 bits per heavy atom. The third-order valence-corrected chi connectivity index (χ3v) is 3.56. The fraction of sp³-hybridized carbons (Fsp3) is 0.727. The van der Waals surface area contributed by atoms with E-state index in [9.17, 15) is 0 Å². The van der Waals surface area contributed by atoms with E-state index in [-0.39, 0.29) is 0 Å². The van der Waals surface area contributed by atoms with Gasteiger partial charge in [-0.1, -0.05) is 20.8 Å². The zero-order valence-corrected chi connectivity index (χ0v) is 10.5. The quantitative estimate of drug-likeness (QED) is 0.829. The Morgan fingerprint density at radius 1 is 1.36 bits per heavy atom. The molecule has 14 heavy (non-hydrogen) atoms. The summed E-state index contributed by atoms with van der Waals surface area (Å²) < 4.78 is 0. The van der Waals surface area contributed by atoms with Crippen molar-refractivity contribution in [2.45, 2.75) is 40.7 Å². The molecule has 0 amide bonds. The monoisotopic (exact) mass is 212 g/mol. The van der Waals surface area contributed by atoms with Crippen molar-refractivity contribution in [3.05, 3.63) is 15.6 Å². The number of aromatic nitrogens is 1. The molecule has 0 bridgehead atoms. The molecular weight excluding hydrogens is 192 g/mol. The summed E-state index contributed by atoms with van der Waals surface area (Å²) in [7, 11) is 0. The highest BCUT2D eigenvalue weighted by Gasteiger charge is 2.18. The number of nitrogens with zero attached hydrogens (tertiary/aromatic N) is 1. The molecule has 0 aromatic carbocycles. The summed E-state index contributed by atoms with van der Waals surface area (Å²) in [6, 6.07) is 0.414. The van der Waals surface area contributed by atoms with Crippen LogP contribution in [0, 0.1) is 19.8 Å². The molecule has 2 nitrogen and oxygen atoms in total. The molecule has 0 aliphatic rings. The van der Waals surface area contributed by atoms with Crippen LogP contribution in [0.3, 0.4) is 0 Å². The number of rotatable bonds is 4. The summed E-state index contributed by atoms with van der Waals surface area (Å²) in [6.07, 6.45) is 0. The van der Waals surface area contributed by atoms with Crippen molar-refractivity contribution in [1.82, 2.24) is 10.3 Å². The summed E-state index contributed by atoms with van der Waals surface area (Å²) >= 11 is 1.82. The molecule has 1 aromatic heterocycles. The van der Waals surface area contributed by atoms with E-state index in [0.717, 1.165) is 6.54 Å². The molecule has 0 fully saturated rings. The lowest BCUT2D eigenvalue weighted by Crippen LogP contribution is -2.25. The number of hydrogen-bond donors (Lipinski definition) is 1. The number of nitrogens with one attached hydrogen (secondary N) is 1. The predicted molar refractivity (Wildman–Crippen MR) is 62.8 cm³/mol. The van der Waals surface area contributed by atoms with Crippen molar-refractivity contribution in [2.24, 2.45) is 5.92 Å². The van der Waals surface area contributed by atoms with Crippen molar-refractivity contribution in [1.29, 1.82) is 0 Å². The van der Waals surface area contributed by atoms with Crippen molar-refractivity contribution in [3.63, 3.8) is 0 Å². The van der Waals surface area contributed by atoms with Gasteiger partial charge in [0.25, 0.3) is 0 Å². The molecule has 0 radical (unpaired) electrons. The molecule has 0 aliphatic carbocycles. The van der Waals surface area contributed by atoms with Crippen molar-refractivity contribution >= 4 is 11.3 Å². The second kappa shape index (κ2) is 4.89. The number of hydrogen-bond acceptors (Lipinski definition) is 3. The van der Waals surface area contributed by atoms with E-state index < -0.39 is 0 Å². The van der Waals surface area contributed by atoms with Gasteiger partial charge in [-0.2, -0.15) is 0 Å². The lowest BCUT2D eigenvalue weighted by atomic mass is 10.1. The molecular formula is C11H20N2S. The van der Waals surface area contributed by atoms with E-state index in [2.05, 4.69) is 44.9 Å². The molecule has 0 saturated heterocycles. The maximum atomic E-state index is 4.61. The fourth-order valence-electron chi connectivity index (χ4n) is 1.46. The van der Waals surface area contributed by atoms with Gasteiger partial charge in [-0.05, 0) is 26.3 Å². The molecule has 1 aromatic rings. The maximum Gasteiger partial charge on any atom is 0.110 e. The van der Waals surface area contributed by atoms with Crippen LogP contribution in [0.15, 0.2) is 0 Å². The van der Waals surface area contributed by atoms with Gasteiger partial charge in [-0.15, -0.1) is 11.3 Å². The first-order valence-corrected chi connectivity index (χ1v) is 6.05. The Labute approximate surface area is 90.8 Å². The molecule has 1 N–H and O–H groups in total. The molecule has 80 valence electrons. The first-order chi connectivity index (χ1) is 6.56. The van der Waals surface area contributed by atoms with Gasteiger partial charge in [-0.25, -0.2) is 4.98 Å². The molecule has 1 atom stereocenters. The third kappa shape index (κ3) is 2.55. The zero-order valence-electron chi connectivity index (χ0n) is 9.72. The first kappa shape index (κ1) is 11.7. The number of thiazole rings is 1. The van der Waals surface area contributed by atoms with Gasteiger partial charge in [0.1, 0.15) is 5.01 Å². The Balaban J connectivity index is 2.87. The second-order valence-corrected chi connectivity index (χ2v) is 5.21. The van der Waals surface area contributed by atoms with E-state index in [1.165, 1.54) is 15.6 Å². The molecule has 3 heteroatoms. The van der Waals surface area contributed by atoms with Crippen LogP contribution in [-0.2, 0) is 0 Å². The van der Waals surface area contributed by atoms with Crippen LogP contribution in [0.2, 0.25) is 0 Å². The van der Waals surface area contributed by atoms with Crippen LogP contribution in [0.4, 0.5) is 0 Å². The van der Waals surface area contributed by atoms with E-state index in [0.29, 0.717) is 12.0 Å². The van der Waals surface area contributed by atoms with Gasteiger partial charge in [0, 0.05) is 4.88 Å². The zero-order chi connectivity index (χ0) is 10.7. The Hall–Kier alpha value is -0.410. The highest BCUT2D eigenvalue weighted by Crippen LogP contribution is 2.27. The fourth-order valence-corrected chi connectivity index (χ4v) is 2.63. The van der Waals surface area contributed by atoms with Crippen LogP contribution >= 0.6 is 11.3 Å². The molecule has 1 unspecified atom stereocenters. The smallest absolute Gasteiger partial charge is 0.110 e. The van der Waals surface area contributed by atoms with E-state index in [1.54, 1.807) is 0 Å². The average Bonchev–Trinajstić information content (AvgIpc) is 2.42. The molecule has 1 heterocycles. The summed E-state index contributed by atoms with van der Waals surface area (Å²) in [5.74, 6) is 0.597. The molecule has 0 saturated carbocycles. The highest BCUT2D eigenvalue weighted by atomic mass is 32.1. The van der Waals surface area contributed by atoms with Gasteiger partial charge in [0.15, 0.2) is 0 Å². The summed E-state index contributed by atoms with van der Waals surface area (Å²) in [6.45, 7) is 11.8. The van der Waals surface area contributed by atoms with Crippen molar-refractivity contribution in [2.75, 3.05) is 6.54 Å². The topological polar surface area (TPSA) is 24.9 Å². The van der Waals surface area contributed by atoms with Gasteiger partial charge < -0.3 is 5.32 Å². The molecule has 0 aliphatic heterocycles. The van der Waals surface area contributed by atoms with Crippen LogP contribution < -0.4 is 5.32 Å². The van der Waals surface area contributed by atoms with Gasteiger partial charge >= 0.3 is 0 Å². The third-order valence-electron chi connectivity index (χ3n) is 2.40. The maximum absolute atomic E-state index is 4.61. The number of aryl methyl sites for hydroxylation is 2. The lowest BCUT2D eigenvalue weighted by Gasteiger charge is -2.18. The average molecular weight is 212 g/mol. The predicted octanol–water partition coefficient (Wildman–Crippen LogP) is 3.07. The van der Waals surface area contributed by atoms with Crippen LogP contribution in [0.5, 0.6) is 0 Å². The highest BCUT2D eigenvalue weighted by molar-refractivity contribution is 7.11. The van der Waals surface area contributed by atoms with Crippen LogP contribution in [0.25, 0.3) is 0 Å². The summed E-state index contributed by atoms with van der Waals surface area (Å²) in [5.41, 5.74) is 1.17. The van der Waals surface area contributed by atoms with Crippen molar-refractivity contribution in [3.8, 4) is 0 Å². The van der Waals surface area contributed by atoms with Crippen LogP contribution in [-0.4, -0.2) is 11.5 Å². The van der Waals surface area contributed by atoms with Gasteiger partial charge in [0.2, 0.25) is 0 Å². The SMILES string of the molecule is CCNC(c1nc(C)c(C)s1)C(C)C. The van der Waals surface area contributed by atoms with E-state index in [4.69, 9.17) is 0 Å². The summed E-state index contributed by atoms with van der Waals surface area (Å²) in [5, 5.41) is 4.72. The molecule has 1 rings (SSSR count). The second-order valence-electron chi connectivity index (χ2n) is 3.97. The first-order valence-electron chi connectivity index (χ1n) is 5.23. The van der Waals surface area contributed by atoms with Gasteiger partial charge in [0.05, 0.1) is 11.7 Å². The summed E-state index contributed by atoms with van der Waals surface area (Å²) in [4.78, 5) is 5.94.